The molecule has 0 saturated heterocycles. The van der Waals surface area contributed by atoms with Gasteiger partial charge >= 0.3 is 0 Å². The average molecular weight is 431 g/mol. The molecule has 7 nitrogen and oxygen atoms in total. The van der Waals surface area contributed by atoms with Gasteiger partial charge < -0.3 is 14.8 Å². The molecule has 1 aromatic heterocycles. The maximum absolute atomic E-state index is 13.3. The molecule has 1 N–H and O–H groups in total. The molecule has 0 aliphatic rings. The third-order valence-electron chi connectivity index (χ3n) is 5.29. The first-order chi connectivity index (χ1) is 15.6. The van der Waals surface area contributed by atoms with Crippen LogP contribution in [0.1, 0.15) is 23.0 Å². The highest BCUT2D eigenvalue weighted by molar-refractivity contribution is 6.09. The molecule has 0 spiro atoms. The Morgan fingerprint density at radius 3 is 2.47 bits per heavy atom. The van der Waals surface area contributed by atoms with E-state index in [0.717, 1.165) is 16.2 Å². The summed E-state index contributed by atoms with van der Waals surface area (Å²) in [6.45, 7) is 3.20. The second-order valence-electron chi connectivity index (χ2n) is 7.29. The summed E-state index contributed by atoms with van der Waals surface area (Å²) in [7, 11) is 1.58. The van der Waals surface area contributed by atoms with Gasteiger partial charge in [0.05, 0.1) is 42.9 Å². The number of fused-ring (bicyclic) bond motifs is 2. The topological polar surface area (TPSA) is 82.4 Å². The minimum atomic E-state index is -0.259. The number of carbonyl (C=O) groups is 1. The molecule has 1 heterocycles. The van der Waals surface area contributed by atoms with Gasteiger partial charge in [0.1, 0.15) is 5.75 Å². The summed E-state index contributed by atoms with van der Waals surface area (Å²) in [6.07, 6.45) is 0. The molecule has 0 unspecified atom stereocenters. The zero-order valence-corrected chi connectivity index (χ0v) is 18.1. The van der Waals surface area contributed by atoms with Gasteiger partial charge in [-0.25, -0.2) is 4.68 Å². The highest BCUT2D eigenvalue weighted by Gasteiger charge is 2.18. The number of methoxy groups -OCH3 is 1. The molecule has 0 fully saturated rings. The van der Waals surface area contributed by atoms with Crippen LogP contribution in [0.2, 0.25) is 0 Å². The van der Waals surface area contributed by atoms with Crippen molar-refractivity contribution < 1.29 is 14.3 Å². The normalized spacial score (nSPS) is 11.1. The Kier molecular flexibility index (Phi) is 6.47. The molecule has 3 aromatic carbocycles. The number of nitrogens with zero attached hydrogens (tertiary/aromatic N) is 2. The molecule has 0 bridgehead atoms. The van der Waals surface area contributed by atoms with Crippen molar-refractivity contribution in [3.8, 4) is 5.75 Å². The Morgan fingerprint density at radius 1 is 1.00 bits per heavy atom. The number of ether oxygens (including phenoxy) is 2. The van der Waals surface area contributed by atoms with E-state index in [1.807, 2.05) is 61.5 Å². The SMILES string of the molecule is CCOc1ccc2ccccc2c1C(=O)NCc1nn(CCOC)c(=O)c2ccccc12. The Bertz CT molecular complexity index is 1330. The molecule has 4 rings (SSSR count). The molecule has 0 saturated carbocycles. The number of aromatic nitrogens is 2. The first-order valence-corrected chi connectivity index (χ1v) is 10.5. The lowest BCUT2D eigenvalue weighted by Crippen LogP contribution is -2.29. The van der Waals surface area contributed by atoms with E-state index in [9.17, 15) is 9.59 Å². The molecule has 4 aromatic rings. The molecule has 0 atom stereocenters. The second kappa shape index (κ2) is 9.62. The lowest BCUT2D eigenvalue weighted by molar-refractivity contribution is 0.0948. The number of hydrogen-bond donors (Lipinski definition) is 1. The van der Waals surface area contributed by atoms with Gasteiger partial charge in [-0.3, -0.25) is 9.59 Å². The van der Waals surface area contributed by atoms with Crippen LogP contribution in [0.3, 0.4) is 0 Å². The van der Waals surface area contributed by atoms with Crippen molar-refractivity contribution in [3.63, 3.8) is 0 Å². The minimum Gasteiger partial charge on any atom is -0.493 e. The first kappa shape index (κ1) is 21.5. The zero-order valence-electron chi connectivity index (χ0n) is 18.1. The summed E-state index contributed by atoms with van der Waals surface area (Å²) in [4.78, 5) is 26.0. The van der Waals surface area contributed by atoms with Crippen LogP contribution in [0, 0.1) is 0 Å². The largest absolute Gasteiger partial charge is 0.493 e. The molecular formula is C25H25N3O4. The standard InChI is InChI=1S/C25H25N3O4/c1-3-32-22-13-12-17-8-4-5-9-18(17)23(22)24(29)26-16-21-19-10-6-7-11-20(19)25(30)28(27-21)14-15-31-2/h4-13H,3,14-16H2,1-2H3,(H,26,29). The van der Waals surface area contributed by atoms with Crippen molar-refractivity contribution in [2.24, 2.45) is 0 Å². The third kappa shape index (κ3) is 4.20. The van der Waals surface area contributed by atoms with Crippen LogP contribution in [0.4, 0.5) is 0 Å². The average Bonchev–Trinajstić information content (AvgIpc) is 2.83. The van der Waals surface area contributed by atoms with E-state index >= 15 is 0 Å². The van der Waals surface area contributed by atoms with Gasteiger partial charge in [0, 0.05) is 12.5 Å². The number of nitrogens with one attached hydrogen (secondary N) is 1. The fourth-order valence-electron chi connectivity index (χ4n) is 3.78. The number of hydrogen-bond acceptors (Lipinski definition) is 5. The van der Waals surface area contributed by atoms with E-state index in [4.69, 9.17) is 9.47 Å². The lowest BCUT2D eigenvalue weighted by atomic mass is 10.0. The first-order valence-electron chi connectivity index (χ1n) is 10.5. The summed E-state index contributed by atoms with van der Waals surface area (Å²) < 4.78 is 12.2. The maximum atomic E-state index is 13.3. The molecule has 0 aliphatic carbocycles. The van der Waals surface area contributed by atoms with Gasteiger partial charge in [-0.05, 0) is 29.8 Å². The van der Waals surface area contributed by atoms with Gasteiger partial charge in [-0.2, -0.15) is 5.10 Å². The lowest BCUT2D eigenvalue weighted by Gasteiger charge is -2.15. The Morgan fingerprint density at radius 2 is 1.72 bits per heavy atom. The summed E-state index contributed by atoms with van der Waals surface area (Å²) in [5.41, 5.74) is 0.922. The Labute approximate surface area is 185 Å². The summed E-state index contributed by atoms with van der Waals surface area (Å²) in [5, 5.41) is 10.5. The Balaban J connectivity index is 1.70. The van der Waals surface area contributed by atoms with E-state index in [-0.39, 0.29) is 18.0 Å². The summed E-state index contributed by atoms with van der Waals surface area (Å²) in [6, 6.07) is 18.7. The number of carbonyl (C=O) groups excluding carboxylic acids is 1. The summed E-state index contributed by atoms with van der Waals surface area (Å²) >= 11 is 0. The predicted octanol–water partition coefficient (Wildman–Crippen LogP) is 3.52. The van der Waals surface area contributed by atoms with E-state index in [0.29, 0.717) is 42.2 Å². The smallest absolute Gasteiger partial charge is 0.274 e. The van der Waals surface area contributed by atoms with Crippen molar-refractivity contribution in [1.29, 1.82) is 0 Å². The fraction of sp³-hybridized carbons (Fsp3) is 0.240. The van der Waals surface area contributed by atoms with Crippen molar-refractivity contribution in [3.05, 3.63) is 82.3 Å². The van der Waals surface area contributed by atoms with Crippen molar-refractivity contribution in [1.82, 2.24) is 15.1 Å². The van der Waals surface area contributed by atoms with Crippen LogP contribution < -0.4 is 15.6 Å². The van der Waals surface area contributed by atoms with Crippen LogP contribution in [0.5, 0.6) is 5.75 Å². The van der Waals surface area contributed by atoms with Crippen molar-refractivity contribution in [2.75, 3.05) is 20.3 Å². The highest BCUT2D eigenvalue weighted by Crippen LogP contribution is 2.28. The molecular weight excluding hydrogens is 406 g/mol. The predicted molar refractivity (Wildman–Crippen MR) is 124 cm³/mol. The second-order valence-corrected chi connectivity index (χ2v) is 7.29. The monoisotopic (exact) mass is 431 g/mol. The minimum absolute atomic E-state index is 0.168. The van der Waals surface area contributed by atoms with Gasteiger partial charge in [0.2, 0.25) is 0 Å². The van der Waals surface area contributed by atoms with Crippen LogP contribution in [-0.4, -0.2) is 36.0 Å². The highest BCUT2D eigenvalue weighted by atomic mass is 16.5. The van der Waals surface area contributed by atoms with Gasteiger partial charge in [-0.15, -0.1) is 0 Å². The van der Waals surface area contributed by atoms with Crippen LogP contribution in [-0.2, 0) is 17.8 Å². The maximum Gasteiger partial charge on any atom is 0.274 e. The van der Waals surface area contributed by atoms with Crippen molar-refractivity contribution in [2.45, 2.75) is 20.0 Å². The number of rotatable bonds is 8. The van der Waals surface area contributed by atoms with Crippen LogP contribution >= 0.6 is 0 Å². The van der Waals surface area contributed by atoms with Crippen LogP contribution in [0.15, 0.2) is 65.5 Å². The van der Waals surface area contributed by atoms with Gasteiger partial charge in [-0.1, -0.05) is 48.5 Å². The number of amides is 1. The Hall–Kier alpha value is -3.71. The van der Waals surface area contributed by atoms with E-state index in [1.54, 1.807) is 13.2 Å². The zero-order chi connectivity index (χ0) is 22.5. The fourth-order valence-corrected chi connectivity index (χ4v) is 3.78. The molecule has 0 radical (unpaired) electrons. The van der Waals surface area contributed by atoms with E-state index in [2.05, 4.69) is 10.4 Å². The van der Waals surface area contributed by atoms with Crippen LogP contribution in [0.25, 0.3) is 21.5 Å². The number of benzene rings is 3. The quantitative estimate of drug-likeness (QED) is 0.462. The molecule has 164 valence electrons. The molecule has 1 amide bonds. The molecule has 32 heavy (non-hydrogen) atoms. The van der Waals surface area contributed by atoms with E-state index in [1.165, 1.54) is 4.68 Å². The molecule has 7 heteroatoms. The van der Waals surface area contributed by atoms with Gasteiger partial charge in [0.15, 0.2) is 0 Å². The van der Waals surface area contributed by atoms with Gasteiger partial charge in [0.25, 0.3) is 11.5 Å². The summed E-state index contributed by atoms with van der Waals surface area (Å²) in [5.74, 6) is 0.275. The third-order valence-corrected chi connectivity index (χ3v) is 5.29. The van der Waals surface area contributed by atoms with Crippen molar-refractivity contribution >= 4 is 27.5 Å². The van der Waals surface area contributed by atoms with E-state index < -0.39 is 0 Å². The molecule has 0 aliphatic heterocycles.